The van der Waals surface area contributed by atoms with Gasteiger partial charge in [0, 0.05) is 54.8 Å². The highest BCUT2D eigenvalue weighted by Gasteiger charge is 2.15. The van der Waals surface area contributed by atoms with Crippen LogP contribution in [0.25, 0.3) is 76.3 Å². The molecule has 0 aliphatic carbocycles. The van der Waals surface area contributed by atoms with E-state index in [0.717, 1.165) is 44.8 Å². The van der Waals surface area contributed by atoms with Crippen molar-refractivity contribution in [2.45, 2.75) is 0 Å². The first-order chi connectivity index (χ1) is 21.7. The number of benzene rings is 5. The number of thiophene rings is 1. The molecule has 208 valence electrons. The van der Waals surface area contributed by atoms with E-state index in [-0.39, 0.29) is 5.82 Å². The summed E-state index contributed by atoms with van der Waals surface area (Å²) in [6.45, 7) is 0. The molecule has 3 heterocycles. The van der Waals surface area contributed by atoms with Crippen molar-refractivity contribution in [1.82, 2.24) is 15.0 Å². The predicted octanol–water partition coefficient (Wildman–Crippen LogP) is 10.7. The van der Waals surface area contributed by atoms with Crippen molar-refractivity contribution in [3.05, 3.63) is 152 Å². The molecule has 0 N–H and O–H groups in total. The summed E-state index contributed by atoms with van der Waals surface area (Å²) in [5, 5.41) is 2.57. The summed E-state index contributed by atoms with van der Waals surface area (Å²) in [4.78, 5) is 14.4. The van der Waals surface area contributed by atoms with E-state index in [4.69, 9.17) is 9.97 Å². The summed E-state index contributed by atoms with van der Waals surface area (Å²) in [7, 11) is 0. The molecule has 5 aromatic carbocycles. The molecule has 3 aromatic heterocycles. The molecule has 0 radical (unpaired) electrons. The van der Waals surface area contributed by atoms with Crippen LogP contribution < -0.4 is 0 Å². The lowest BCUT2D eigenvalue weighted by molar-refractivity contribution is 0.628. The van der Waals surface area contributed by atoms with Crippen LogP contribution in [0.3, 0.4) is 0 Å². The molecule has 0 saturated heterocycles. The van der Waals surface area contributed by atoms with E-state index in [2.05, 4.69) is 77.8 Å². The Morgan fingerprint density at radius 2 is 1.11 bits per heavy atom. The van der Waals surface area contributed by atoms with Gasteiger partial charge >= 0.3 is 0 Å². The van der Waals surface area contributed by atoms with Crippen LogP contribution in [0.15, 0.2) is 146 Å². The fraction of sp³-hybridized carbons (Fsp3) is 0. The lowest BCUT2D eigenvalue weighted by atomic mass is 9.99. The Hall–Kier alpha value is -5.52. The third-order valence-corrected chi connectivity index (χ3v) is 9.05. The van der Waals surface area contributed by atoms with Gasteiger partial charge in [-0.15, -0.1) is 11.3 Å². The molecular weight excluding hydrogens is 562 g/mol. The highest BCUT2D eigenvalue weighted by Crippen LogP contribution is 2.37. The maximum atomic E-state index is 13.8. The molecule has 0 amide bonds. The Balaban J connectivity index is 1.23. The molecule has 0 aliphatic rings. The van der Waals surface area contributed by atoms with Crippen molar-refractivity contribution in [3.63, 3.8) is 0 Å². The molecule has 0 unspecified atom stereocenters. The van der Waals surface area contributed by atoms with Crippen LogP contribution in [-0.2, 0) is 0 Å². The second-order valence-corrected chi connectivity index (χ2v) is 11.7. The molecule has 0 bridgehead atoms. The molecule has 5 heteroatoms. The van der Waals surface area contributed by atoms with Crippen LogP contribution in [0.1, 0.15) is 0 Å². The Labute approximate surface area is 258 Å². The minimum atomic E-state index is -0.283. The summed E-state index contributed by atoms with van der Waals surface area (Å²) in [5.41, 5.74) is 8.51. The van der Waals surface area contributed by atoms with Crippen LogP contribution in [-0.4, -0.2) is 15.0 Å². The third-order valence-electron chi connectivity index (χ3n) is 7.90. The Bertz CT molecular complexity index is 2280. The van der Waals surface area contributed by atoms with Crippen LogP contribution in [0, 0.1) is 5.82 Å². The third kappa shape index (κ3) is 4.83. The second kappa shape index (κ2) is 11.0. The standard InChI is InChI=1S/C39H24FN3S/c40-30-18-15-27(16-19-30)36-23-35(42-39(43-36)33-9-2-1-7-31(33)29-6-5-21-41-24-29)26-13-11-25(12-14-26)28-17-20-38-34(22-28)32-8-3-4-10-37(32)44-38/h1-24H. The summed E-state index contributed by atoms with van der Waals surface area (Å²) in [6.07, 6.45) is 3.61. The number of pyridine rings is 1. The van der Waals surface area contributed by atoms with Gasteiger partial charge in [-0.05, 0) is 71.3 Å². The largest absolute Gasteiger partial charge is 0.264 e. The lowest BCUT2D eigenvalue weighted by Crippen LogP contribution is -1.97. The summed E-state index contributed by atoms with van der Waals surface area (Å²) < 4.78 is 16.4. The maximum Gasteiger partial charge on any atom is 0.161 e. The Morgan fingerprint density at radius 3 is 1.86 bits per heavy atom. The lowest BCUT2D eigenvalue weighted by Gasteiger charge is -2.13. The first-order valence-corrected chi connectivity index (χ1v) is 15.2. The molecule has 0 saturated carbocycles. The molecular formula is C39H24FN3S. The molecule has 0 fully saturated rings. The highest BCUT2D eigenvalue weighted by atomic mass is 32.1. The van der Waals surface area contributed by atoms with Crippen molar-refractivity contribution < 1.29 is 4.39 Å². The minimum Gasteiger partial charge on any atom is -0.264 e. The van der Waals surface area contributed by atoms with Gasteiger partial charge in [0.15, 0.2) is 5.82 Å². The molecule has 0 aliphatic heterocycles. The zero-order valence-corrected chi connectivity index (χ0v) is 24.3. The van der Waals surface area contributed by atoms with E-state index in [0.29, 0.717) is 5.82 Å². The van der Waals surface area contributed by atoms with Crippen LogP contribution in [0.2, 0.25) is 0 Å². The zero-order chi connectivity index (χ0) is 29.5. The fourth-order valence-corrected chi connectivity index (χ4v) is 6.76. The monoisotopic (exact) mass is 585 g/mol. The van der Waals surface area contributed by atoms with Crippen LogP contribution in [0.4, 0.5) is 4.39 Å². The first-order valence-electron chi connectivity index (χ1n) is 14.4. The summed E-state index contributed by atoms with van der Waals surface area (Å²) in [6, 6.07) is 44.2. The average Bonchev–Trinajstić information content (AvgIpc) is 3.47. The number of aromatic nitrogens is 3. The van der Waals surface area contributed by atoms with Crippen molar-refractivity contribution >= 4 is 31.5 Å². The molecule has 8 rings (SSSR count). The van der Waals surface area contributed by atoms with Gasteiger partial charge in [-0.2, -0.15) is 0 Å². The molecule has 0 atom stereocenters. The van der Waals surface area contributed by atoms with Crippen LogP contribution in [0.5, 0.6) is 0 Å². The smallest absolute Gasteiger partial charge is 0.161 e. The van der Waals surface area contributed by atoms with Gasteiger partial charge in [0.05, 0.1) is 11.4 Å². The highest BCUT2D eigenvalue weighted by molar-refractivity contribution is 7.25. The van der Waals surface area contributed by atoms with Gasteiger partial charge in [-0.1, -0.05) is 78.9 Å². The SMILES string of the molecule is Fc1ccc(-c2cc(-c3ccc(-c4ccc5sc6ccccc6c5c4)cc3)nc(-c3ccccc3-c3cccnc3)n2)cc1. The number of fused-ring (bicyclic) bond motifs is 3. The van der Waals surface area contributed by atoms with E-state index in [1.165, 1.54) is 37.9 Å². The van der Waals surface area contributed by atoms with E-state index in [1.807, 2.05) is 53.9 Å². The van der Waals surface area contributed by atoms with Gasteiger partial charge in [0.1, 0.15) is 5.82 Å². The van der Waals surface area contributed by atoms with Gasteiger partial charge in [-0.25, -0.2) is 14.4 Å². The molecule has 0 spiro atoms. The van der Waals surface area contributed by atoms with Gasteiger partial charge in [-0.3, -0.25) is 4.98 Å². The zero-order valence-electron chi connectivity index (χ0n) is 23.5. The number of halogens is 1. The van der Waals surface area contributed by atoms with Crippen molar-refractivity contribution in [2.75, 3.05) is 0 Å². The Kier molecular flexibility index (Phi) is 6.51. The number of rotatable bonds is 5. The van der Waals surface area contributed by atoms with E-state index < -0.39 is 0 Å². The summed E-state index contributed by atoms with van der Waals surface area (Å²) >= 11 is 1.83. The number of hydrogen-bond donors (Lipinski definition) is 0. The van der Waals surface area contributed by atoms with E-state index >= 15 is 0 Å². The van der Waals surface area contributed by atoms with Gasteiger partial charge in [0.25, 0.3) is 0 Å². The Morgan fingerprint density at radius 1 is 0.477 bits per heavy atom. The quantitative estimate of drug-likeness (QED) is 0.202. The minimum absolute atomic E-state index is 0.283. The van der Waals surface area contributed by atoms with Gasteiger partial charge < -0.3 is 0 Å². The van der Waals surface area contributed by atoms with Crippen LogP contribution >= 0.6 is 11.3 Å². The molecule has 8 aromatic rings. The summed E-state index contributed by atoms with van der Waals surface area (Å²) in [5.74, 6) is 0.314. The fourth-order valence-electron chi connectivity index (χ4n) is 5.68. The maximum absolute atomic E-state index is 13.8. The predicted molar refractivity (Wildman–Crippen MR) is 180 cm³/mol. The number of hydrogen-bond acceptors (Lipinski definition) is 4. The topological polar surface area (TPSA) is 38.7 Å². The van der Waals surface area contributed by atoms with E-state index in [9.17, 15) is 4.39 Å². The van der Waals surface area contributed by atoms with Crippen molar-refractivity contribution in [1.29, 1.82) is 0 Å². The second-order valence-electron chi connectivity index (χ2n) is 10.6. The first kappa shape index (κ1) is 26.1. The normalized spacial score (nSPS) is 11.3. The average molecular weight is 586 g/mol. The van der Waals surface area contributed by atoms with E-state index in [1.54, 1.807) is 18.3 Å². The molecule has 3 nitrogen and oxygen atoms in total. The molecule has 44 heavy (non-hydrogen) atoms. The van der Waals surface area contributed by atoms with Gasteiger partial charge in [0.2, 0.25) is 0 Å². The van der Waals surface area contributed by atoms with Crippen molar-refractivity contribution in [2.24, 2.45) is 0 Å². The number of nitrogens with zero attached hydrogens (tertiary/aromatic N) is 3. The van der Waals surface area contributed by atoms with Crippen molar-refractivity contribution in [3.8, 4) is 56.2 Å².